The summed E-state index contributed by atoms with van der Waals surface area (Å²) in [5.41, 5.74) is 2.63. The van der Waals surface area contributed by atoms with E-state index in [2.05, 4.69) is 11.4 Å². The number of amides is 1. The molecular weight excluding hydrogens is 340 g/mol. The van der Waals surface area contributed by atoms with Crippen molar-refractivity contribution in [1.82, 2.24) is 5.32 Å². The number of rotatable bonds is 9. The number of hydrogen-bond acceptors (Lipinski definition) is 4. The van der Waals surface area contributed by atoms with Crippen LogP contribution in [0, 0.1) is 11.3 Å². The van der Waals surface area contributed by atoms with Crippen molar-refractivity contribution in [2.45, 2.75) is 39.7 Å². The SMILES string of the molecule is CCOc1ccc(C(C)NC(=O)CCc2ccc(C#N)cc2)cc1OCC. The van der Waals surface area contributed by atoms with Crippen LogP contribution in [0.2, 0.25) is 0 Å². The molecule has 0 spiro atoms. The molecule has 0 heterocycles. The fourth-order valence-electron chi connectivity index (χ4n) is 2.74. The summed E-state index contributed by atoms with van der Waals surface area (Å²) in [7, 11) is 0. The summed E-state index contributed by atoms with van der Waals surface area (Å²) in [5.74, 6) is 1.39. The number of nitrogens with one attached hydrogen (secondary N) is 1. The van der Waals surface area contributed by atoms with Crippen molar-refractivity contribution in [1.29, 1.82) is 5.26 Å². The zero-order chi connectivity index (χ0) is 19.6. The summed E-state index contributed by atoms with van der Waals surface area (Å²) in [6, 6.07) is 15.0. The molecule has 0 aliphatic rings. The first-order chi connectivity index (χ1) is 13.1. The van der Waals surface area contributed by atoms with E-state index in [1.54, 1.807) is 12.1 Å². The molecule has 0 aromatic heterocycles. The Kier molecular flexibility index (Phi) is 7.69. The Morgan fingerprint density at radius 2 is 1.74 bits per heavy atom. The monoisotopic (exact) mass is 366 g/mol. The molecule has 1 atom stereocenters. The quantitative estimate of drug-likeness (QED) is 0.723. The van der Waals surface area contributed by atoms with Crippen LogP contribution in [0.15, 0.2) is 42.5 Å². The van der Waals surface area contributed by atoms with Gasteiger partial charge in [-0.15, -0.1) is 0 Å². The standard InChI is InChI=1S/C22H26N2O3/c1-4-26-20-12-11-19(14-21(20)27-5-2)16(3)24-22(25)13-10-17-6-8-18(15-23)9-7-17/h6-9,11-12,14,16H,4-5,10,13H2,1-3H3,(H,24,25). The highest BCUT2D eigenvalue weighted by Gasteiger charge is 2.13. The van der Waals surface area contributed by atoms with Crippen molar-refractivity contribution in [3.05, 3.63) is 59.2 Å². The molecule has 1 unspecified atom stereocenters. The lowest BCUT2D eigenvalue weighted by molar-refractivity contribution is -0.121. The van der Waals surface area contributed by atoms with E-state index in [4.69, 9.17) is 14.7 Å². The molecule has 2 aromatic rings. The van der Waals surface area contributed by atoms with Crippen LogP contribution in [0.3, 0.4) is 0 Å². The molecule has 5 heteroatoms. The third kappa shape index (κ3) is 6.03. The van der Waals surface area contributed by atoms with Crippen LogP contribution in [0.4, 0.5) is 0 Å². The largest absolute Gasteiger partial charge is 0.490 e. The van der Waals surface area contributed by atoms with Gasteiger partial charge in [-0.25, -0.2) is 0 Å². The van der Waals surface area contributed by atoms with Crippen molar-refractivity contribution in [2.75, 3.05) is 13.2 Å². The van der Waals surface area contributed by atoms with Gasteiger partial charge in [0.05, 0.1) is 30.9 Å². The topological polar surface area (TPSA) is 71.3 Å². The second kappa shape index (κ2) is 10.2. The summed E-state index contributed by atoms with van der Waals surface area (Å²) in [5, 5.41) is 11.8. The van der Waals surface area contributed by atoms with E-state index in [0.29, 0.717) is 43.1 Å². The van der Waals surface area contributed by atoms with E-state index in [9.17, 15) is 4.79 Å². The summed E-state index contributed by atoms with van der Waals surface area (Å²) in [4.78, 5) is 12.3. The molecule has 5 nitrogen and oxygen atoms in total. The van der Waals surface area contributed by atoms with Gasteiger partial charge in [0.1, 0.15) is 0 Å². The van der Waals surface area contributed by atoms with Gasteiger partial charge >= 0.3 is 0 Å². The van der Waals surface area contributed by atoms with Crippen LogP contribution in [0.5, 0.6) is 11.5 Å². The zero-order valence-corrected chi connectivity index (χ0v) is 16.1. The molecule has 0 fully saturated rings. The molecule has 2 aromatic carbocycles. The number of carbonyl (C=O) groups is 1. The summed E-state index contributed by atoms with van der Waals surface area (Å²) >= 11 is 0. The summed E-state index contributed by atoms with van der Waals surface area (Å²) < 4.78 is 11.2. The van der Waals surface area contributed by atoms with E-state index < -0.39 is 0 Å². The van der Waals surface area contributed by atoms with Gasteiger partial charge in [-0.3, -0.25) is 4.79 Å². The highest BCUT2D eigenvalue weighted by atomic mass is 16.5. The maximum atomic E-state index is 12.3. The van der Waals surface area contributed by atoms with Crippen LogP contribution >= 0.6 is 0 Å². The smallest absolute Gasteiger partial charge is 0.220 e. The van der Waals surface area contributed by atoms with Crippen LogP contribution in [-0.2, 0) is 11.2 Å². The molecule has 0 aliphatic carbocycles. The normalized spacial score (nSPS) is 11.3. The van der Waals surface area contributed by atoms with Gasteiger partial charge in [-0.05, 0) is 62.6 Å². The van der Waals surface area contributed by atoms with Crippen molar-refractivity contribution < 1.29 is 14.3 Å². The van der Waals surface area contributed by atoms with Gasteiger partial charge in [0.25, 0.3) is 0 Å². The van der Waals surface area contributed by atoms with Crippen LogP contribution in [-0.4, -0.2) is 19.1 Å². The molecule has 1 amide bonds. The minimum atomic E-state index is -0.131. The fourth-order valence-corrected chi connectivity index (χ4v) is 2.74. The Balaban J connectivity index is 1.94. The lowest BCUT2D eigenvalue weighted by Crippen LogP contribution is -2.26. The maximum absolute atomic E-state index is 12.3. The van der Waals surface area contributed by atoms with Crippen molar-refractivity contribution in [2.24, 2.45) is 0 Å². The Labute approximate surface area is 160 Å². The van der Waals surface area contributed by atoms with Crippen LogP contribution in [0.25, 0.3) is 0 Å². The highest BCUT2D eigenvalue weighted by molar-refractivity contribution is 5.76. The maximum Gasteiger partial charge on any atom is 0.220 e. The Hall–Kier alpha value is -3.00. The second-order valence-electron chi connectivity index (χ2n) is 6.17. The van der Waals surface area contributed by atoms with Gasteiger partial charge in [0.15, 0.2) is 11.5 Å². The number of hydrogen-bond donors (Lipinski definition) is 1. The van der Waals surface area contributed by atoms with Gasteiger partial charge in [0, 0.05) is 6.42 Å². The number of benzene rings is 2. The number of nitriles is 1. The number of ether oxygens (including phenoxy) is 2. The van der Waals surface area contributed by atoms with E-state index in [-0.39, 0.29) is 11.9 Å². The van der Waals surface area contributed by atoms with E-state index in [0.717, 1.165) is 11.1 Å². The molecular formula is C22H26N2O3. The minimum Gasteiger partial charge on any atom is -0.490 e. The third-order valence-electron chi connectivity index (χ3n) is 4.17. The third-order valence-corrected chi connectivity index (χ3v) is 4.17. The van der Waals surface area contributed by atoms with Gasteiger partial charge < -0.3 is 14.8 Å². The summed E-state index contributed by atoms with van der Waals surface area (Å²) in [6.07, 6.45) is 1.03. The molecule has 27 heavy (non-hydrogen) atoms. The Morgan fingerprint density at radius 3 is 2.37 bits per heavy atom. The second-order valence-corrected chi connectivity index (χ2v) is 6.17. The van der Waals surface area contributed by atoms with Crippen LogP contribution < -0.4 is 14.8 Å². The van der Waals surface area contributed by atoms with Gasteiger partial charge in [-0.2, -0.15) is 5.26 Å². The van der Waals surface area contributed by atoms with E-state index in [1.165, 1.54) is 0 Å². The van der Waals surface area contributed by atoms with Gasteiger partial charge in [0.2, 0.25) is 5.91 Å². The predicted octanol–water partition coefficient (Wildman–Crippen LogP) is 4.17. The summed E-state index contributed by atoms with van der Waals surface area (Å²) in [6.45, 7) is 6.93. The first-order valence-electron chi connectivity index (χ1n) is 9.25. The lowest BCUT2D eigenvalue weighted by atomic mass is 10.1. The minimum absolute atomic E-state index is 0.0151. The number of aryl methyl sites for hydroxylation is 1. The molecule has 0 aliphatic heterocycles. The molecule has 0 saturated carbocycles. The van der Waals surface area contributed by atoms with Crippen molar-refractivity contribution in [3.63, 3.8) is 0 Å². The van der Waals surface area contributed by atoms with Crippen LogP contribution in [0.1, 0.15) is 49.9 Å². The molecule has 0 radical (unpaired) electrons. The molecule has 1 N–H and O–H groups in total. The fraction of sp³-hybridized carbons (Fsp3) is 0.364. The predicted molar refractivity (Wildman–Crippen MR) is 105 cm³/mol. The first-order valence-corrected chi connectivity index (χ1v) is 9.25. The van der Waals surface area contributed by atoms with Crippen molar-refractivity contribution >= 4 is 5.91 Å². The average molecular weight is 366 g/mol. The highest BCUT2D eigenvalue weighted by Crippen LogP contribution is 2.30. The zero-order valence-electron chi connectivity index (χ0n) is 16.1. The number of nitrogens with zero attached hydrogens (tertiary/aromatic N) is 1. The van der Waals surface area contributed by atoms with E-state index >= 15 is 0 Å². The number of carbonyl (C=O) groups excluding carboxylic acids is 1. The molecule has 0 saturated heterocycles. The van der Waals surface area contributed by atoms with Gasteiger partial charge in [-0.1, -0.05) is 18.2 Å². The van der Waals surface area contributed by atoms with Crippen molar-refractivity contribution in [3.8, 4) is 17.6 Å². The molecule has 0 bridgehead atoms. The lowest BCUT2D eigenvalue weighted by Gasteiger charge is -2.17. The Bertz CT molecular complexity index is 794. The van der Waals surface area contributed by atoms with E-state index in [1.807, 2.05) is 51.1 Å². The molecule has 142 valence electrons. The average Bonchev–Trinajstić information content (AvgIpc) is 2.68. The Morgan fingerprint density at radius 1 is 1.07 bits per heavy atom. The molecule has 2 rings (SSSR count). The first kappa shape index (κ1) is 20.3.